The van der Waals surface area contributed by atoms with E-state index in [9.17, 15) is 9.90 Å². The predicted molar refractivity (Wildman–Crippen MR) is 117 cm³/mol. The van der Waals surface area contributed by atoms with Crippen LogP contribution in [-0.2, 0) is 4.79 Å². The molecule has 0 spiro atoms. The Hall–Kier alpha value is -0.610. The molecule has 0 heterocycles. The number of nitrogens with two attached hydrogens (primary N) is 1. The number of carbonyl (C=O) groups is 1. The Morgan fingerprint density at radius 1 is 1.07 bits per heavy atom. The van der Waals surface area contributed by atoms with Gasteiger partial charge >= 0.3 is 5.97 Å². The minimum atomic E-state index is -0.678. The maximum absolute atomic E-state index is 11.2. The number of carboxylic acids is 1. The van der Waals surface area contributed by atoms with Gasteiger partial charge in [0.25, 0.3) is 0 Å². The summed E-state index contributed by atoms with van der Waals surface area (Å²) in [4.78, 5) is 11.1. The Labute approximate surface area is 178 Å². The molecular formula is C25H45NO3. The lowest BCUT2D eigenvalue weighted by Crippen LogP contribution is -2.52. The summed E-state index contributed by atoms with van der Waals surface area (Å²) < 4.78 is 0. The van der Waals surface area contributed by atoms with Crippen molar-refractivity contribution in [1.82, 2.24) is 0 Å². The van der Waals surface area contributed by atoms with E-state index in [0.717, 1.165) is 25.7 Å². The third-order valence-corrected chi connectivity index (χ3v) is 9.84. The standard InChI is InChI=1S/C25H45NO3/c1-5-21(27)23-19(24(3)13-10-17(26)11-14-24)12-15-25(4)18(7-8-20(23)25)16(2)6-9-22(28)29/h16-21,23,27H,5-15,26H2,1-4H3,(H,28,29)/t16-,17-,18-,19?,20?,21+,23?,24+,25-/m1/s1. The van der Waals surface area contributed by atoms with Crippen LogP contribution < -0.4 is 5.73 Å². The van der Waals surface area contributed by atoms with Crippen molar-refractivity contribution in [2.45, 2.75) is 110 Å². The monoisotopic (exact) mass is 407 g/mol. The second-order valence-electron chi connectivity index (χ2n) is 11.4. The molecule has 4 N–H and O–H groups in total. The smallest absolute Gasteiger partial charge is 0.303 e. The number of carboxylic acid groups (broad SMARTS) is 1. The predicted octanol–water partition coefficient (Wildman–Crippen LogP) is 5.22. The molecule has 4 nitrogen and oxygen atoms in total. The van der Waals surface area contributed by atoms with Crippen molar-refractivity contribution in [3.05, 3.63) is 0 Å². The van der Waals surface area contributed by atoms with Gasteiger partial charge in [-0.3, -0.25) is 4.79 Å². The third-order valence-electron chi connectivity index (χ3n) is 9.84. The minimum Gasteiger partial charge on any atom is -0.481 e. The highest BCUT2D eigenvalue weighted by Crippen LogP contribution is 2.65. The van der Waals surface area contributed by atoms with Crippen LogP contribution >= 0.6 is 0 Å². The summed E-state index contributed by atoms with van der Waals surface area (Å²) in [6.07, 6.45) is 11.2. The molecule has 3 rings (SSSR count). The molecule has 3 aliphatic rings. The number of aliphatic hydroxyl groups is 1. The van der Waals surface area contributed by atoms with Gasteiger partial charge in [-0.2, -0.15) is 0 Å². The van der Waals surface area contributed by atoms with Crippen molar-refractivity contribution in [1.29, 1.82) is 0 Å². The zero-order valence-corrected chi connectivity index (χ0v) is 19.2. The first kappa shape index (κ1) is 23.1. The van der Waals surface area contributed by atoms with E-state index in [1.807, 2.05) is 0 Å². The van der Waals surface area contributed by atoms with Crippen molar-refractivity contribution in [2.24, 2.45) is 46.2 Å². The molecule has 0 aliphatic heterocycles. The van der Waals surface area contributed by atoms with Crippen LogP contribution in [0.1, 0.15) is 98.3 Å². The number of rotatable bonds is 7. The number of fused-ring (bicyclic) bond motifs is 1. The van der Waals surface area contributed by atoms with Crippen LogP contribution in [0.15, 0.2) is 0 Å². The molecular weight excluding hydrogens is 362 g/mol. The third kappa shape index (κ3) is 4.39. The van der Waals surface area contributed by atoms with Gasteiger partial charge in [0, 0.05) is 12.5 Å². The van der Waals surface area contributed by atoms with Gasteiger partial charge in [-0.15, -0.1) is 0 Å². The van der Waals surface area contributed by atoms with Crippen LogP contribution in [-0.4, -0.2) is 28.3 Å². The molecule has 3 unspecified atom stereocenters. The van der Waals surface area contributed by atoms with Crippen LogP contribution in [0.4, 0.5) is 0 Å². The lowest BCUT2D eigenvalue weighted by atomic mass is 9.49. The SMILES string of the molecule is CC[C@H](O)C1C2CC[C@H]([C@H](C)CCC(=O)O)[C@@]2(C)CCC1[C@]1(C)CC[C@H](N)CC1. The lowest BCUT2D eigenvalue weighted by molar-refractivity contribution is -0.137. The van der Waals surface area contributed by atoms with Crippen LogP contribution in [0.5, 0.6) is 0 Å². The lowest BCUT2D eigenvalue weighted by Gasteiger charge is -2.57. The Morgan fingerprint density at radius 3 is 2.31 bits per heavy atom. The topological polar surface area (TPSA) is 83.5 Å². The van der Waals surface area contributed by atoms with Crippen LogP contribution in [0.2, 0.25) is 0 Å². The quantitative estimate of drug-likeness (QED) is 0.540. The second-order valence-corrected chi connectivity index (χ2v) is 11.4. The highest BCUT2D eigenvalue weighted by atomic mass is 16.4. The second kappa shape index (κ2) is 8.86. The van der Waals surface area contributed by atoms with E-state index in [4.69, 9.17) is 10.8 Å². The number of hydrogen-bond donors (Lipinski definition) is 3. The van der Waals surface area contributed by atoms with Gasteiger partial charge in [-0.25, -0.2) is 0 Å². The summed E-state index contributed by atoms with van der Waals surface area (Å²) in [6.45, 7) is 9.35. The zero-order chi connectivity index (χ0) is 21.4. The molecule has 4 heteroatoms. The number of aliphatic hydroxyl groups excluding tert-OH is 1. The maximum Gasteiger partial charge on any atom is 0.303 e. The zero-order valence-electron chi connectivity index (χ0n) is 19.2. The summed E-state index contributed by atoms with van der Waals surface area (Å²) in [7, 11) is 0. The van der Waals surface area contributed by atoms with Crippen LogP contribution in [0.25, 0.3) is 0 Å². The normalized spacial score (nSPS) is 44.8. The summed E-state index contributed by atoms with van der Waals surface area (Å²) in [5.41, 5.74) is 6.78. The van der Waals surface area contributed by atoms with Crippen molar-refractivity contribution in [2.75, 3.05) is 0 Å². The van der Waals surface area contributed by atoms with Crippen molar-refractivity contribution < 1.29 is 15.0 Å². The van der Waals surface area contributed by atoms with E-state index >= 15 is 0 Å². The Bertz CT molecular complexity index is 570. The van der Waals surface area contributed by atoms with Gasteiger partial charge in [-0.05, 0) is 105 Å². The fourth-order valence-electron chi connectivity index (χ4n) is 8.01. The molecule has 0 saturated heterocycles. The van der Waals surface area contributed by atoms with Gasteiger partial charge in [0.1, 0.15) is 0 Å². The molecule has 0 bridgehead atoms. The molecule has 0 aromatic carbocycles. The first-order chi connectivity index (χ1) is 13.6. The van der Waals surface area contributed by atoms with Gasteiger partial charge in [0.15, 0.2) is 0 Å². The summed E-state index contributed by atoms with van der Waals surface area (Å²) in [5, 5.41) is 20.3. The first-order valence-corrected chi connectivity index (χ1v) is 12.3. The number of hydrogen-bond acceptors (Lipinski definition) is 3. The molecule has 29 heavy (non-hydrogen) atoms. The highest BCUT2D eigenvalue weighted by Gasteiger charge is 2.58. The summed E-state index contributed by atoms with van der Waals surface area (Å²) in [5.74, 6) is 1.90. The first-order valence-electron chi connectivity index (χ1n) is 12.3. The molecule has 3 saturated carbocycles. The van der Waals surface area contributed by atoms with E-state index in [-0.39, 0.29) is 17.9 Å². The van der Waals surface area contributed by atoms with E-state index in [2.05, 4.69) is 27.7 Å². The van der Waals surface area contributed by atoms with Crippen molar-refractivity contribution in [3.8, 4) is 0 Å². The van der Waals surface area contributed by atoms with Crippen molar-refractivity contribution in [3.63, 3.8) is 0 Å². The summed E-state index contributed by atoms with van der Waals surface area (Å²) >= 11 is 0. The molecule has 0 aromatic rings. The van der Waals surface area contributed by atoms with Crippen LogP contribution in [0, 0.1) is 40.4 Å². The van der Waals surface area contributed by atoms with E-state index in [1.54, 1.807) is 0 Å². The molecule has 168 valence electrons. The minimum absolute atomic E-state index is 0.217. The van der Waals surface area contributed by atoms with Gasteiger partial charge < -0.3 is 15.9 Å². The molecule has 0 aromatic heterocycles. The maximum atomic E-state index is 11.2. The molecule has 0 amide bonds. The Morgan fingerprint density at radius 2 is 1.72 bits per heavy atom. The molecule has 0 radical (unpaired) electrons. The van der Waals surface area contributed by atoms with Crippen molar-refractivity contribution >= 4 is 5.97 Å². The van der Waals surface area contributed by atoms with E-state index in [0.29, 0.717) is 41.0 Å². The molecule has 3 fully saturated rings. The Balaban J connectivity index is 1.82. The Kier molecular flexibility index (Phi) is 7.05. The fraction of sp³-hybridized carbons (Fsp3) is 0.960. The van der Waals surface area contributed by atoms with Gasteiger partial charge in [-0.1, -0.05) is 27.7 Å². The molecule has 3 aliphatic carbocycles. The average Bonchev–Trinajstić information content (AvgIpc) is 3.04. The largest absolute Gasteiger partial charge is 0.481 e. The van der Waals surface area contributed by atoms with Crippen LogP contribution in [0.3, 0.4) is 0 Å². The molecule has 7 atom stereocenters. The fourth-order valence-corrected chi connectivity index (χ4v) is 8.01. The van der Waals surface area contributed by atoms with E-state index in [1.165, 1.54) is 38.5 Å². The van der Waals surface area contributed by atoms with E-state index < -0.39 is 5.97 Å². The van der Waals surface area contributed by atoms with Gasteiger partial charge in [0.05, 0.1) is 6.10 Å². The van der Waals surface area contributed by atoms with Gasteiger partial charge in [0.2, 0.25) is 0 Å². The highest BCUT2D eigenvalue weighted by molar-refractivity contribution is 5.66. The average molecular weight is 408 g/mol. The number of aliphatic carboxylic acids is 1. The summed E-state index contributed by atoms with van der Waals surface area (Å²) in [6, 6.07) is 0.359.